The van der Waals surface area contributed by atoms with Gasteiger partial charge in [0, 0.05) is 30.5 Å². The molecule has 1 aromatic heterocycles. The lowest BCUT2D eigenvalue weighted by Gasteiger charge is -2.17. The molecule has 1 fully saturated rings. The zero-order valence-corrected chi connectivity index (χ0v) is 14.3. The zero-order valence-electron chi connectivity index (χ0n) is 14.3. The van der Waals surface area contributed by atoms with Crippen LogP contribution in [0.25, 0.3) is 11.3 Å². The number of aromatic amines is 1. The van der Waals surface area contributed by atoms with Crippen molar-refractivity contribution in [1.82, 2.24) is 10.2 Å². The molecule has 5 heteroatoms. The van der Waals surface area contributed by atoms with Crippen LogP contribution >= 0.6 is 0 Å². The average molecular weight is 334 g/mol. The number of hydrogen-bond acceptors (Lipinski definition) is 4. The van der Waals surface area contributed by atoms with Crippen LogP contribution in [0.2, 0.25) is 0 Å². The number of H-pyrrole nitrogens is 1. The first-order chi connectivity index (χ1) is 12.2. The summed E-state index contributed by atoms with van der Waals surface area (Å²) in [5.74, 6) is 1.02. The van der Waals surface area contributed by atoms with Gasteiger partial charge in [0.1, 0.15) is 5.75 Å². The molecule has 128 valence electrons. The number of aryl methyl sites for hydroxylation is 1. The Labute approximate surface area is 147 Å². The van der Waals surface area contributed by atoms with Crippen LogP contribution in [-0.2, 0) is 0 Å². The van der Waals surface area contributed by atoms with Gasteiger partial charge < -0.3 is 15.3 Å². The predicted octanol–water partition coefficient (Wildman–Crippen LogP) is 4.43. The number of hydrogen-bond donors (Lipinski definition) is 3. The summed E-state index contributed by atoms with van der Waals surface area (Å²) >= 11 is 0. The maximum absolute atomic E-state index is 9.50. The number of aromatic nitrogens is 2. The largest absolute Gasteiger partial charge is 0.508 e. The van der Waals surface area contributed by atoms with Crippen LogP contribution in [0.5, 0.6) is 5.75 Å². The van der Waals surface area contributed by atoms with Crippen molar-refractivity contribution in [2.75, 3.05) is 23.3 Å². The molecule has 0 amide bonds. The molecule has 2 aromatic carbocycles. The monoisotopic (exact) mass is 334 g/mol. The van der Waals surface area contributed by atoms with Gasteiger partial charge in [-0.05, 0) is 61.2 Å². The third-order valence-corrected chi connectivity index (χ3v) is 4.70. The van der Waals surface area contributed by atoms with E-state index in [0.29, 0.717) is 0 Å². The van der Waals surface area contributed by atoms with Crippen LogP contribution in [0.3, 0.4) is 0 Å². The van der Waals surface area contributed by atoms with Crippen molar-refractivity contribution < 1.29 is 5.11 Å². The van der Waals surface area contributed by atoms with Crippen molar-refractivity contribution in [1.29, 1.82) is 0 Å². The first-order valence-electron chi connectivity index (χ1n) is 8.66. The quantitative estimate of drug-likeness (QED) is 0.617. The Morgan fingerprint density at radius 3 is 2.52 bits per heavy atom. The van der Waals surface area contributed by atoms with Gasteiger partial charge in [0.25, 0.3) is 0 Å². The van der Waals surface area contributed by atoms with Crippen LogP contribution in [0, 0.1) is 6.92 Å². The lowest BCUT2D eigenvalue weighted by Crippen LogP contribution is -2.17. The minimum absolute atomic E-state index is 0.267. The summed E-state index contributed by atoms with van der Waals surface area (Å²) in [6.07, 6.45) is 2.57. The molecule has 0 radical (unpaired) electrons. The molecule has 0 aliphatic carbocycles. The molecule has 0 spiro atoms. The smallest absolute Gasteiger partial charge is 0.152 e. The second kappa shape index (κ2) is 6.51. The number of benzene rings is 2. The van der Waals surface area contributed by atoms with E-state index in [4.69, 9.17) is 0 Å². The van der Waals surface area contributed by atoms with E-state index in [1.54, 1.807) is 12.1 Å². The third-order valence-electron chi connectivity index (χ3n) is 4.70. The Hall–Kier alpha value is -2.95. The standard InChI is InChI=1S/C20H22N4O/c1-14-12-17(25)8-9-18(14)21-20-13-19(22-23-20)15-4-6-16(7-5-15)24-10-2-3-11-24/h4-9,12-13,25H,2-3,10-11H2,1H3,(H2,21,22,23). The fourth-order valence-electron chi connectivity index (χ4n) is 3.29. The van der Waals surface area contributed by atoms with E-state index in [-0.39, 0.29) is 5.75 Å². The number of nitrogens with one attached hydrogen (secondary N) is 2. The molecular formula is C20H22N4O. The molecule has 0 unspecified atom stereocenters. The summed E-state index contributed by atoms with van der Waals surface area (Å²) in [5.41, 5.74) is 5.29. The molecule has 1 aliphatic heterocycles. The van der Waals surface area contributed by atoms with Gasteiger partial charge in [0.15, 0.2) is 5.82 Å². The van der Waals surface area contributed by atoms with E-state index in [1.807, 2.05) is 19.1 Å². The normalized spacial score (nSPS) is 14.0. The Morgan fingerprint density at radius 2 is 1.80 bits per heavy atom. The number of anilines is 3. The van der Waals surface area contributed by atoms with Gasteiger partial charge in [-0.2, -0.15) is 5.10 Å². The van der Waals surface area contributed by atoms with Gasteiger partial charge in [0.05, 0.1) is 5.69 Å². The highest BCUT2D eigenvalue weighted by Gasteiger charge is 2.12. The Morgan fingerprint density at radius 1 is 1.04 bits per heavy atom. The molecule has 5 nitrogen and oxygen atoms in total. The molecule has 1 saturated heterocycles. The molecule has 3 aromatic rings. The van der Waals surface area contributed by atoms with Gasteiger partial charge in [-0.1, -0.05) is 12.1 Å². The number of nitrogens with zero attached hydrogens (tertiary/aromatic N) is 2. The van der Waals surface area contributed by atoms with E-state index in [1.165, 1.54) is 18.5 Å². The number of phenols is 1. The van der Waals surface area contributed by atoms with Crippen molar-refractivity contribution in [3.63, 3.8) is 0 Å². The predicted molar refractivity (Wildman–Crippen MR) is 102 cm³/mol. The van der Waals surface area contributed by atoms with E-state index >= 15 is 0 Å². The van der Waals surface area contributed by atoms with Gasteiger partial charge in [0.2, 0.25) is 0 Å². The minimum Gasteiger partial charge on any atom is -0.508 e. The third kappa shape index (κ3) is 3.31. The van der Waals surface area contributed by atoms with Crippen molar-refractivity contribution in [3.8, 4) is 17.0 Å². The second-order valence-electron chi connectivity index (χ2n) is 6.53. The van der Waals surface area contributed by atoms with Crippen LogP contribution < -0.4 is 10.2 Å². The van der Waals surface area contributed by atoms with E-state index < -0.39 is 0 Å². The zero-order chi connectivity index (χ0) is 17.2. The highest BCUT2D eigenvalue weighted by Crippen LogP contribution is 2.27. The molecule has 2 heterocycles. The molecule has 1 aliphatic rings. The maximum Gasteiger partial charge on any atom is 0.152 e. The first-order valence-corrected chi connectivity index (χ1v) is 8.66. The number of phenolic OH excluding ortho intramolecular Hbond substituents is 1. The van der Waals surface area contributed by atoms with Crippen molar-refractivity contribution in [2.24, 2.45) is 0 Å². The highest BCUT2D eigenvalue weighted by atomic mass is 16.3. The molecular weight excluding hydrogens is 312 g/mol. The fourth-order valence-corrected chi connectivity index (χ4v) is 3.29. The molecule has 0 saturated carbocycles. The van der Waals surface area contributed by atoms with Crippen molar-refractivity contribution in [2.45, 2.75) is 19.8 Å². The first kappa shape index (κ1) is 15.6. The van der Waals surface area contributed by atoms with Crippen LogP contribution in [0.1, 0.15) is 18.4 Å². The second-order valence-corrected chi connectivity index (χ2v) is 6.53. The van der Waals surface area contributed by atoms with E-state index in [0.717, 1.165) is 41.4 Å². The maximum atomic E-state index is 9.50. The van der Waals surface area contributed by atoms with Crippen LogP contribution in [0.4, 0.5) is 17.2 Å². The molecule has 0 atom stereocenters. The van der Waals surface area contributed by atoms with Crippen LogP contribution in [-0.4, -0.2) is 28.4 Å². The van der Waals surface area contributed by atoms with E-state index in [9.17, 15) is 5.11 Å². The number of rotatable bonds is 4. The lowest BCUT2D eigenvalue weighted by atomic mass is 10.1. The summed E-state index contributed by atoms with van der Waals surface area (Å²) in [6.45, 7) is 4.26. The summed E-state index contributed by atoms with van der Waals surface area (Å²) < 4.78 is 0. The summed E-state index contributed by atoms with van der Waals surface area (Å²) in [7, 11) is 0. The fraction of sp³-hybridized carbons (Fsp3) is 0.250. The van der Waals surface area contributed by atoms with Crippen LogP contribution in [0.15, 0.2) is 48.5 Å². The van der Waals surface area contributed by atoms with Gasteiger partial charge >= 0.3 is 0 Å². The minimum atomic E-state index is 0.267. The Kier molecular flexibility index (Phi) is 4.06. The lowest BCUT2D eigenvalue weighted by molar-refractivity contribution is 0.475. The molecule has 25 heavy (non-hydrogen) atoms. The van der Waals surface area contributed by atoms with Gasteiger partial charge in [-0.3, -0.25) is 5.10 Å². The average Bonchev–Trinajstić information content (AvgIpc) is 3.30. The van der Waals surface area contributed by atoms with Crippen molar-refractivity contribution in [3.05, 3.63) is 54.1 Å². The Balaban J connectivity index is 1.50. The summed E-state index contributed by atoms with van der Waals surface area (Å²) in [4.78, 5) is 2.43. The van der Waals surface area contributed by atoms with E-state index in [2.05, 4.69) is 44.7 Å². The summed E-state index contributed by atoms with van der Waals surface area (Å²) in [5, 5.41) is 20.2. The SMILES string of the molecule is Cc1cc(O)ccc1Nc1cc(-c2ccc(N3CCCC3)cc2)[nH]n1. The van der Waals surface area contributed by atoms with Gasteiger partial charge in [-0.15, -0.1) is 0 Å². The molecule has 3 N–H and O–H groups in total. The number of aromatic hydroxyl groups is 1. The summed E-state index contributed by atoms with van der Waals surface area (Å²) in [6, 6.07) is 15.9. The molecule has 4 rings (SSSR count). The van der Waals surface area contributed by atoms with Gasteiger partial charge in [-0.25, -0.2) is 0 Å². The molecule has 0 bridgehead atoms. The highest BCUT2D eigenvalue weighted by molar-refractivity contribution is 5.69. The Bertz CT molecular complexity index is 864. The van der Waals surface area contributed by atoms with Crippen molar-refractivity contribution >= 4 is 17.2 Å². The topological polar surface area (TPSA) is 64.2 Å².